The number of rotatable bonds is 8. The predicted molar refractivity (Wildman–Crippen MR) is 82.5 cm³/mol. The molecular formula is C17H23NO3. The van der Waals surface area contributed by atoms with Crippen LogP contribution in [-0.2, 0) is 11.3 Å². The first-order valence-electron chi connectivity index (χ1n) is 7.19. The summed E-state index contributed by atoms with van der Waals surface area (Å²) >= 11 is 0. The largest absolute Gasteiger partial charge is 0.491 e. The molecule has 1 heterocycles. The smallest absolute Gasteiger partial charge is 0.120 e. The second-order valence-corrected chi connectivity index (χ2v) is 5.04. The molecule has 0 amide bonds. The number of benzene rings is 1. The minimum atomic E-state index is 0.178. The molecule has 21 heavy (non-hydrogen) atoms. The highest BCUT2D eigenvalue weighted by Crippen LogP contribution is 2.17. The van der Waals surface area contributed by atoms with Crippen molar-refractivity contribution in [1.82, 2.24) is 5.32 Å². The van der Waals surface area contributed by atoms with Gasteiger partial charge in [-0.3, -0.25) is 0 Å². The third-order valence-corrected chi connectivity index (χ3v) is 3.25. The fraction of sp³-hybridized carbons (Fsp3) is 0.412. The molecule has 1 unspecified atom stereocenters. The second-order valence-electron chi connectivity index (χ2n) is 5.04. The lowest BCUT2D eigenvalue weighted by Gasteiger charge is -2.12. The molecule has 0 bridgehead atoms. The van der Waals surface area contributed by atoms with E-state index in [0.717, 1.165) is 23.8 Å². The van der Waals surface area contributed by atoms with E-state index in [4.69, 9.17) is 13.9 Å². The van der Waals surface area contributed by atoms with Crippen molar-refractivity contribution in [1.29, 1.82) is 0 Å². The molecular weight excluding hydrogens is 266 g/mol. The molecule has 2 aromatic rings. The number of nitrogens with one attached hydrogen (secondary N) is 1. The number of furan rings is 1. The van der Waals surface area contributed by atoms with Gasteiger partial charge in [-0.15, -0.1) is 0 Å². The first-order valence-corrected chi connectivity index (χ1v) is 7.19. The van der Waals surface area contributed by atoms with Crippen molar-refractivity contribution < 1.29 is 13.9 Å². The molecule has 0 aliphatic rings. The first kappa shape index (κ1) is 15.6. The lowest BCUT2D eigenvalue weighted by Crippen LogP contribution is -2.17. The van der Waals surface area contributed by atoms with Crippen molar-refractivity contribution in [3.63, 3.8) is 0 Å². The van der Waals surface area contributed by atoms with Crippen molar-refractivity contribution in [2.24, 2.45) is 0 Å². The van der Waals surface area contributed by atoms with Crippen molar-refractivity contribution in [3.05, 3.63) is 53.5 Å². The van der Waals surface area contributed by atoms with Crippen LogP contribution in [0.1, 0.15) is 30.0 Å². The average molecular weight is 289 g/mol. The van der Waals surface area contributed by atoms with Crippen LogP contribution in [-0.4, -0.2) is 20.3 Å². The Labute approximate surface area is 126 Å². The van der Waals surface area contributed by atoms with Gasteiger partial charge >= 0.3 is 0 Å². The Hall–Kier alpha value is -1.78. The molecule has 1 atom stereocenters. The fourth-order valence-electron chi connectivity index (χ4n) is 2.05. The molecule has 1 aromatic carbocycles. The summed E-state index contributed by atoms with van der Waals surface area (Å²) < 4.78 is 16.2. The SMILES string of the molecule is COCCOc1cccc(CNC(C)c2ccc(C)o2)c1. The molecule has 0 aliphatic carbocycles. The van der Waals surface area contributed by atoms with Crippen LogP contribution < -0.4 is 10.1 Å². The van der Waals surface area contributed by atoms with E-state index >= 15 is 0 Å². The Morgan fingerprint density at radius 3 is 2.76 bits per heavy atom. The van der Waals surface area contributed by atoms with Crippen LogP contribution in [0.3, 0.4) is 0 Å². The van der Waals surface area contributed by atoms with Crippen molar-refractivity contribution in [3.8, 4) is 5.75 Å². The highest BCUT2D eigenvalue weighted by Gasteiger charge is 2.08. The molecule has 0 saturated heterocycles. The Balaban J connectivity index is 1.86. The zero-order valence-electron chi connectivity index (χ0n) is 12.9. The van der Waals surface area contributed by atoms with Gasteiger partial charge in [0.05, 0.1) is 12.6 Å². The standard InChI is InChI=1S/C17H23NO3/c1-13-7-8-17(21-13)14(2)18-12-15-5-4-6-16(11-15)20-10-9-19-3/h4-8,11,14,18H,9-10,12H2,1-3H3. The second kappa shape index (κ2) is 7.86. The summed E-state index contributed by atoms with van der Waals surface area (Å²) in [6.45, 7) is 5.98. The highest BCUT2D eigenvalue weighted by atomic mass is 16.5. The van der Waals surface area contributed by atoms with Gasteiger partial charge in [0.2, 0.25) is 0 Å². The number of ether oxygens (including phenoxy) is 2. The van der Waals surface area contributed by atoms with Crippen molar-refractivity contribution in [2.45, 2.75) is 26.4 Å². The molecule has 0 aliphatic heterocycles. The van der Waals surface area contributed by atoms with Gasteiger partial charge in [0.1, 0.15) is 23.9 Å². The quantitative estimate of drug-likeness (QED) is 0.756. The topological polar surface area (TPSA) is 43.6 Å². The average Bonchev–Trinajstić information content (AvgIpc) is 2.92. The number of aryl methyl sites for hydroxylation is 1. The monoisotopic (exact) mass is 289 g/mol. The maximum Gasteiger partial charge on any atom is 0.120 e. The third kappa shape index (κ3) is 4.92. The molecule has 0 radical (unpaired) electrons. The van der Waals surface area contributed by atoms with Crippen LogP contribution in [0.25, 0.3) is 0 Å². The number of hydrogen-bond donors (Lipinski definition) is 1. The summed E-state index contributed by atoms with van der Waals surface area (Å²) in [6, 6.07) is 12.3. The van der Waals surface area contributed by atoms with E-state index in [9.17, 15) is 0 Å². The van der Waals surface area contributed by atoms with Crippen LogP contribution in [0.4, 0.5) is 0 Å². The summed E-state index contributed by atoms with van der Waals surface area (Å²) in [6.07, 6.45) is 0. The summed E-state index contributed by atoms with van der Waals surface area (Å²) in [7, 11) is 1.67. The Morgan fingerprint density at radius 2 is 2.05 bits per heavy atom. The molecule has 1 N–H and O–H groups in total. The summed E-state index contributed by atoms with van der Waals surface area (Å²) in [5.74, 6) is 2.76. The highest BCUT2D eigenvalue weighted by molar-refractivity contribution is 5.28. The minimum Gasteiger partial charge on any atom is -0.491 e. The van der Waals surface area contributed by atoms with Crippen molar-refractivity contribution in [2.75, 3.05) is 20.3 Å². The molecule has 4 nitrogen and oxygen atoms in total. The van der Waals surface area contributed by atoms with Gasteiger partial charge in [0.15, 0.2) is 0 Å². The van der Waals surface area contributed by atoms with Crippen LogP contribution >= 0.6 is 0 Å². The van der Waals surface area contributed by atoms with Crippen molar-refractivity contribution >= 4 is 0 Å². The summed E-state index contributed by atoms with van der Waals surface area (Å²) in [4.78, 5) is 0. The lowest BCUT2D eigenvalue weighted by molar-refractivity contribution is 0.146. The van der Waals surface area contributed by atoms with Crippen LogP contribution in [0.5, 0.6) is 5.75 Å². The van der Waals surface area contributed by atoms with E-state index in [2.05, 4.69) is 18.3 Å². The van der Waals surface area contributed by atoms with E-state index in [-0.39, 0.29) is 6.04 Å². The first-order chi connectivity index (χ1) is 10.2. The van der Waals surface area contributed by atoms with Gasteiger partial charge < -0.3 is 19.2 Å². The third-order valence-electron chi connectivity index (χ3n) is 3.25. The summed E-state index contributed by atoms with van der Waals surface area (Å²) in [5.41, 5.74) is 1.18. The van der Waals surface area contributed by atoms with E-state index in [1.807, 2.05) is 37.3 Å². The molecule has 0 fully saturated rings. The Kier molecular flexibility index (Phi) is 5.84. The van der Waals surface area contributed by atoms with Gasteiger partial charge in [-0.25, -0.2) is 0 Å². The fourth-order valence-corrected chi connectivity index (χ4v) is 2.05. The van der Waals surface area contributed by atoms with E-state index in [1.54, 1.807) is 7.11 Å². The van der Waals surface area contributed by atoms with Gasteiger partial charge in [0, 0.05) is 13.7 Å². The summed E-state index contributed by atoms with van der Waals surface area (Å²) in [5, 5.41) is 3.45. The minimum absolute atomic E-state index is 0.178. The number of hydrogen-bond acceptors (Lipinski definition) is 4. The normalized spacial score (nSPS) is 12.3. The van der Waals surface area contributed by atoms with E-state index < -0.39 is 0 Å². The van der Waals surface area contributed by atoms with Crippen LogP contribution in [0.15, 0.2) is 40.8 Å². The van der Waals surface area contributed by atoms with Gasteiger partial charge in [0.25, 0.3) is 0 Å². The van der Waals surface area contributed by atoms with Gasteiger partial charge in [-0.05, 0) is 43.7 Å². The van der Waals surface area contributed by atoms with E-state index in [1.165, 1.54) is 5.56 Å². The lowest BCUT2D eigenvalue weighted by atomic mass is 10.2. The molecule has 114 valence electrons. The Bertz CT molecular complexity index is 550. The Morgan fingerprint density at radius 1 is 1.19 bits per heavy atom. The predicted octanol–water partition coefficient (Wildman–Crippen LogP) is 3.46. The maximum atomic E-state index is 5.62. The zero-order valence-corrected chi connectivity index (χ0v) is 12.9. The molecule has 1 aromatic heterocycles. The van der Waals surface area contributed by atoms with E-state index in [0.29, 0.717) is 13.2 Å². The van der Waals surface area contributed by atoms with Gasteiger partial charge in [-0.1, -0.05) is 12.1 Å². The molecule has 0 saturated carbocycles. The van der Waals surface area contributed by atoms with Crippen LogP contribution in [0, 0.1) is 6.92 Å². The maximum absolute atomic E-state index is 5.62. The molecule has 4 heteroatoms. The van der Waals surface area contributed by atoms with Crippen LogP contribution in [0.2, 0.25) is 0 Å². The van der Waals surface area contributed by atoms with Gasteiger partial charge in [-0.2, -0.15) is 0 Å². The zero-order chi connectivity index (χ0) is 15.1. The molecule has 0 spiro atoms. The molecule has 2 rings (SSSR count). The number of methoxy groups -OCH3 is 1.